The van der Waals surface area contributed by atoms with Gasteiger partial charge in [0.15, 0.2) is 0 Å². The highest BCUT2D eigenvalue weighted by Gasteiger charge is 2.28. The molecule has 126 valence electrons. The first-order valence-corrected chi connectivity index (χ1v) is 9.31. The van der Waals surface area contributed by atoms with Gasteiger partial charge >= 0.3 is 7.60 Å². The van der Waals surface area contributed by atoms with Gasteiger partial charge in [0.2, 0.25) is 0 Å². The molecule has 0 aliphatic carbocycles. The normalized spacial score (nSPS) is 13.2. The molecule has 2 aromatic rings. The zero-order chi connectivity index (χ0) is 16.7. The fraction of sp³-hybridized carbons (Fsp3) is 0.467. The highest BCUT2D eigenvalue weighted by atomic mass is 31.2. The van der Waals surface area contributed by atoms with Crippen LogP contribution < -0.4 is 0 Å². The van der Waals surface area contributed by atoms with Crippen LogP contribution in [0.25, 0.3) is 11.3 Å². The zero-order valence-electron chi connectivity index (χ0n) is 13.3. The van der Waals surface area contributed by atoms with Crippen LogP contribution in [-0.2, 0) is 20.2 Å². The first kappa shape index (κ1) is 17.8. The summed E-state index contributed by atoms with van der Waals surface area (Å²) in [5.41, 5.74) is 1.66. The molecule has 1 atom stereocenters. The Hall–Kier alpha value is -1.53. The molecule has 0 aliphatic heterocycles. The summed E-state index contributed by atoms with van der Waals surface area (Å²) in [4.78, 5) is 0. The van der Waals surface area contributed by atoms with Crippen LogP contribution in [0.2, 0.25) is 0 Å². The van der Waals surface area contributed by atoms with Crippen molar-refractivity contribution in [1.29, 1.82) is 0 Å². The fourth-order valence-corrected chi connectivity index (χ4v) is 3.90. The predicted molar refractivity (Wildman–Crippen MR) is 87.2 cm³/mol. The first-order valence-electron chi connectivity index (χ1n) is 7.58. The number of aliphatic hydroxyl groups excluding tert-OH is 1. The molecule has 0 fully saturated rings. The van der Waals surface area contributed by atoms with Crippen molar-refractivity contribution in [3.63, 3.8) is 0 Å². The van der Waals surface area contributed by atoms with Gasteiger partial charge in [0.05, 0.1) is 38.2 Å². The van der Waals surface area contributed by atoms with E-state index in [2.05, 4.69) is 10.3 Å². The third-order valence-corrected chi connectivity index (χ3v) is 5.26. The molecule has 1 N–H and O–H groups in total. The minimum Gasteiger partial charge on any atom is -0.391 e. The number of hydrogen-bond donors (Lipinski definition) is 1. The van der Waals surface area contributed by atoms with Gasteiger partial charge in [0.25, 0.3) is 0 Å². The quantitative estimate of drug-likeness (QED) is 0.707. The summed E-state index contributed by atoms with van der Waals surface area (Å²) in [5.74, 6) is 0. The van der Waals surface area contributed by atoms with Gasteiger partial charge in [-0.3, -0.25) is 4.57 Å². The third-order valence-electron chi connectivity index (χ3n) is 3.09. The lowest BCUT2D eigenvalue weighted by Gasteiger charge is -2.19. The van der Waals surface area contributed by atoms with Crippen molar-refractivity contribution in [3.8, 4) is 11.3 Å². The van der Waals surface area contributed by atoms with Gasteiger partial charge in [0, 0.05) is 5.56 Å². The largest absolute Gasteiger partial charge is 0.391 e. The molecule has 1 heterocycles. The van der Waals surface area contributed by atoms with E-state index in [4.69, 9.17) is 9.05 Å². The Labute approximate surface area is 135 Å². The zero-order valence-corrected chi connectivity index (χ0v) is 14.2. The summed E-state index contributed by atoms with van der Waals surface area (Å²) in [6.07, 6.45) is 0.768. The second-order valence-electron chi connectivity index (χ2n) is 4.97. The molecule has 1 aromatic carbocycles. The maximum atomic E-state index is 12.4. The Morgan fingerprint density at radius 2 is 1.87 bits per heavy atom. The van der Waals surface area contributed by atoms with Crippen molar-refractivity contribution < 1.29 is 18.7 Å². The Morgan fingerprint density at radius 1 is 1.22 bits per heavy atom. The van der Waals surface area contributed by atoms with Crippen LogP contribution in [0.5, 0.6) is 0 Å². The minimum atomic E-state index is -3.28. The molecule has 0 amide bonds. The van der Waals surface area contributed by atoms with Crippen molar-refractivity contribution in [2.45, 2.75) is 26.5 Å². The second-order valence-corrected chi connectivity index (χ2v) is 7.08. The minimum absolute atomic E-state index is 0.0742. The Morgan fingerprint density at radius 3 is 2.48 bits per heavy atom. The standard InChI is InChI=1S/C15H22N3O4P/c1-3-21-23(20,22-4-2)12-14(19)10-18-11-15(16-17-18)13-8-6-5-7-9-13/h5-9,11,14,19H,3-4,10,12H2,1-2H3/t14-/m1/s1. The Balaban J connectivity index is 1.99. The van der Waals surface area contributed by atoms with E-state index in [1.54, 1.807) is 20.0 Å². The maximum Gasteiger partial charge on any atom is 0.333 e. The van der Waals surface area contributed by atoms with Crippen LogP contribution in [0.4, 0.5) is 0 Å². The summed E-state index contributed by atoms with van der Waals surface area (Å²) in [6.45, 7) is 4.18. The fourth-order valence-electron chi connectivity index (χ4n) is 2.20. The second kappa shape index (κ2) is 8.36. The van der Waals surface area contributed by atoms with Crippen LogP contribution in [0, 0.1) is 0 Å². The van der Waals surface area contributed by atoms with E-state index in [1.807, 2.05) is 30.3 Å². The summed E-state index contributed by atoms with van der Waals surface area (Å²) >= 11 is 0. The van der Waals surface area contributed by atoms with E-state index in [-0.39, 0.29) is 25.9 Å². The molecule has 0 radical (unpaired) electrons. The maximum absolute atomic E-state index is 12.4. The van der Waals surface area contributed by atoms with Crippen molar-refractivity contribution in [3.05, 3.63) is 36.5 Å². The van der Waals surface area contributed by atoms with Crippen LogP contribution in [0.1, 0.15) is 13.8 Å². The summed E-state index contributed by atoms with van der Waals surface area (Å²) in [7, 11) is -3.28. The molecular formula is C15H22N3O4P. The summed E-state index contributed by atoms with van der Waals surface area (Å²) in [6, 6.07) is 9.64. The number of benzene rings is 1. The topological polar surface area (TPSA) is 86.5 Å². The molecule has 0 spiro atoms. The number of aromatic nitrogens is 3. The number of nitrogens with zero attached hydrogens (tertiary/aromatic N) is 3. The molecule has 23 heavy (non-hydrogen) atoms. The molecule has 0 unspecified atom stereocenters. The molecule has 0 aliphatic rings. The highest BCUT2D eigenvalue weighted by Crippen LogP contribution is 2.48. The van der Waals surface area contributed by atoms with Crippen LogP contribution >= 0.6 is 7.60 Å². The molecule has 0 saturated heterocycles. The number of hydrogen-bond acceptors (Lipinski definition) is 6. The van der Waals surface area contributed by atoms with Gasteiger partial charge in [-0.15, -0.1) is 5.10 Å². The molecule has 2 rings (SSSR count). The SMILES string of the molecule is CCOP(=O)(C[C@H](O)Cn1cc(-c2ccccc2)nn1)OCC. The van der Waals surface area contributed by atoms with E-state index < -0.39 is 13.7 Å². The number of rotatable bonds is 9. The third kappa shape index (κ3) is 5.25. The molecule has 7 nitrogen and oxygen atoms in total. The van der Waals surface area contributed by atoms with E-state index in [1.165, 1.54) is 4.68 Å². The monoisotopic (exact) mass is 339 g/mol. The van der Waals surface area contributed by atoms with Gasteiger partial charge in [-0.1, -0.05) is 35.5 Å². The first-order chi connectivity index (χ1) is 11.1. The summed E-state index contributed by atoms with van der Waals surface area (Å²) < 4.78 is 24.3. The van der Waals surface area contributed by atoms with Crippen LogP contribution in [0.3, 0.4) is 0 Å². The van der Waals surface area contributed by atoms with Gasteiger partial charge in [-0.05, 0) is 13.8 Å². The molecular weight excluding hydrogens is 317 g/mol. The van der Waals surface area contributed by atoms with Gasteiger partial charge in [0.1, 0.15) is 5.69 Å². The molecule has 0 bridgehead atoms. The lowest BCUT2D eigenvalue weighted by Crippen LogP contribution is -2.22. The number of aliphatic hydroxyl groups is 1. The smallest absolute Gasteiger partial charge is 0.333 e. The van der Waals surface area contributed by atoms with Crippen molar-refractivity contribution in [2.75, 3.05) is 19.4 Å². The lowest BCUT2D eigenvalue weighted by atomic mass is 10.2. The van der Waals surface area contributed by atoms with Gasteiger partial charge < -0.3 is 14.2 Å². The van der Waals surface area contributed by atoms with Crippen LogP contribution in [0.15, 0.2) is 36.5 Å². The van der Waals surface area contributed by atoms with Gasteiger partial charge in [-0.2, -0.15) is 0 Å². The Kier molecular flexibility index (Phi) is 6.47. The lowest BCUT2D eigenvalue weighted by molar-refractivity contribution is 0.150. The summed E-state index contributed by atoms with van der Waals surface area (Å²) in [5, 5.41) is 18.2. The van der Waals surface area contributed by atoms with E-state index in [0.717, 1.165) is 11.3 Å². The average molecular weight is 339 g/mol. The average Bonchev–Trinajstić information content (AvgIpc) is 2.96. The Bertz CT molecular complexity index is 637. The molecule has 0 saturated carbocycles. The van der Waals surface area contributed by atoms with E-state index >= 15 is 0 Å². The van der Waals surface area contributed by atoms with Crippen molar-refractivity contribution >= 4 is 7.60 Å². The predicted octanol–water partition coefficient (Wildman–Crippen LogP) is 2.57. The van der Waals surface area contributed by atoms with Gasteiger partial charge in [-0.25, -0.2) is 4.68 Å². The van der Waals surface area contributed by atoms with Crippen LogP contribution in [-0.4, -0.2) is 45.6 Å². The van der Waals surface area contributed by atoms with E-state index in [9.17, 15) is 9.67 Å². The van der Waals surface area contributed by atoms with Crippen molar-refractivity contribution in [1.82, 2.24) is 15.0 Å². The van der Waals surface area contributed by atoms with E-state index in [0.29, 0.717) is 0 Å². The highest BCUT2D eigenvalue weighted by molar-refractivity contribution is 7.53. The molecule has 1 aromatic heterocycles. The molecule has 8 heteroatoms. The van der Waals surface area contributed by atoms with Crippen molar-refractivity contribution in [2.24, 2.45) is 0 Å².